The van der Waals surface area contributed by atoms with Crippen LogP contribution in [0.4, 0.5) is 0 Å². The van der Waals surface area contributed by atoms with E-state index in [9.17, 15) is 0 Å². The van der Waals surface area contributed by atoms with Crippen molar-refractivity contribution in [3.63, 3.8) is 0 Å². The van der Waals surface area contributed by atoms with Crippen molar-refractivity contribution in [2.24, 2.45) is 12.0 Å². The number of benzene rings is 1. The summed E-state index contributed by atoms with van der Waals surface area (Å²) < 4.78 is 1.86. The third kappa shape index (κ3) is 5.45. The molecule has 0 aliphatic carbocycles. The van der Waals surface area contributed by atoms with E-state index in [0.717, 1.165) is 38.4 Å². The lowest BCUT2D eigenvalue weighted by atomic mass is 9.99. The fourth-order valence-corrected chi connectivity index (χ4v) is 3.38. The lowest BCUT2D eigenvalue weighted by molar-refractivity contribution is 0.485. The van der Waals surface area contributed by atoms with Gasteiger partial charge in [0.1, 0.15) is 0 Å². The first-order chi connectivity index (χ1) is 11.8. The minimum atomic E-state index is 0. The first kappa shape index (κ1) is 19.8. The van der Waals surface area contributed by atoms with Crippen molar-refractivity contribution in [3.05, 3.63) is 53.9 Å². The topological polar surface area (TPSA) is 45.5 Å². The largest absolute Gasteiger partial charge is 0.356 e. The van der Waals surface area contributed by atoms with Crippen molar-refractivity contribution in [1.29, 1.82) is 0 Å². The van der Waals surface area contributed by atoms with Crippen LogP contribution in [0.5, 0.6) is 0 Å². The Morgan fingerprint density at radius 3 is 2.80 bits per heavy atom. The van der Waals surface area contributed by atoms with Crippen molar-refractivity contribution < 1.29 is 0 Å². The smallest absolute Gasteiger partial charge is 0.193 e. The number of aromatic nitrogens is 2. The van der Waals surface area contributed by atoms with Crippen LogP contribution in [0, 0.1) is 0 Å². The number of aliphatic imine (C=N–C) groups is 1. The van der Waals surface area contributed by atoms with E-state index in [4.69, 9.17) is 0 Å². The zero-order chi connectivity index (χ0) is 16.8. The summed E-state index contributed by atoms with van der Waals surface area (Å²) in [6.45, 7) is 3.06. The summed E-state index contributed by atoms with van der Waals surface area (Å²) in [6.07, 6.45) is 7.35. The molecule has 5 nitrogen and oxygen atoms in total. The Labute approximate surface area is 167 Å². The molecule has 2 aromatic rings. The van der Waals surface area contributed by atoms with Crippen LogP contribution in [0.1, 0.15) is 29.9 Å². The van der Waals surface area contributed by atoms with Gasteiger partial charge in [0, 0.05) is 45.8 Å². The van der Waals surface area contributed by atoms with Crippen LogP contribution in [0.2, 0.25) is 0 Å². The Hall–Kier alpha value is -1.57. The zero-order valence-corrected chi connectivity index (χ0v) is 17.4. The van der Waals surface area contributed by atoms with Crippen LogP contribution >= 0.6 is 24.0 Å². The van der Waals surface area contributed by atoms with Crippen molar-refractivity contribution in [2.45, 2.75) is 25.2 Å². The molecule has 136 valence electrons. The van der Waals surface area contributed by atoms with Crippen LogP contribution < -0.4 is 5.32 Å². The second-order valence-electron chi connectivity index (χ2n) is 6.44. The molecule has 1 aromatic heterocycles. The second kappa shape index (κ2) is 9.79. The van der Waals surface area contributed by atoms with Gasteiger partial charge in [-0.05, 0) is 30.4 Å². The van der Waals surface area contributed by atoms with Crippen LogP contribution in [-0.4, -0.2) is 47.3 Å². The van der Waals surface area contributed by atoms with Crippen LogP contribution in [0.15, 0.2) is 47.7 Å². The van der Waals surface area contributed by atoms with Gasteiger partial charge in [-0.3, -0.25) is 9.67 Å². The number of nitrogens with one attached hydrogen (secondary N) is 1. The summed E-state index contributed by atoms with van der Waals surface area (Å²) in [5, 5.41) is 7.72. The van der Waals surface area contributed by atoms with E-state index < -0.39 is 0 Å². The first-order valence-corrected chi connectivity index (χ1v) is 8.74. The Kier molecular flexibility index (Phi) is 7.74. The van der Waals surface area contributed by atoms with Gasteiger partial charge in [-0.15, -0.1) is 24.0 Å². The molecule has 1 fully saturated rings. The van der Waals surface area contributed by atoms with Gasteiger partial charge in [-0.2, -0.15) is 5.10 Å². The molecule has 3 rings (SSSR count). The predicted molar refractivity (Wildman–Crippen MR) is 114 cm³/mol. The lowest BCUT2D eigenvalue weighted by Gasteiger charge is -2.21. The first-order valence-electron chi connectivity index (χ1n) is 8.74. The molecule has 25 heavy (non-hydrogen) atoms. The Morgan fingerprint density at radius 2 is 2.12 bits per heavy atom. The maximum atomic E-state index is 4.46. The summed E-state index contributed by atoms with van der Waals surface area (Å²) in [7, 11) is 3.83. The van der Waals surface area contributed by atoms with Crippen LogP contribution in [-0.2, 0) is 13.5 Å². The molecule has 1 aromatic carbocycles. The van der Waals surface area contributed by atoms with E-state index in [-0.39, 0.29) is 24.0 Å². The lowest BCUT2D eigenvalue weighted by Crippen LogP contribution is -2.40. The third-order valence-corrected chi connectivity index (χ3v) is 4.65. The molecular weight excluding hydrogens is 425 g/mol. The number of guanidine groups is 1. The van der Waals surface area contributed by atoms with Gasteiger partial charge >= 0.3 is 0 Å². The van der Waals surface area contributed by atoms with E-state index >= 15 is 0 Å². The highest BCUT2D eigenvalue weighted by atomic mass is 127. The minimum Gasteiger partial charge on any atom is -0.356 e. The van der Waals surface area contributed by atoms with Gasteiger partial charge in [0.25, 0.3) is 0 Å². The summed E-state index contributed by atoms with van der Waals surface area (Å²) in [4.78, 5) is 6.84. The van der Waals surface area contributed by atoms with Gasteiger partial charge in [0.05, 0.1) is 6.20 Å². The molecule has 1 aliphatic rings. The maximum absolute atomic E-state index is 4.46. The van der Waals surface area contributed by atoms with Crippen molar-refractivity contribution in [2.75, 3.05) is 26.7 Å². The number of hydrogen-bond donors (Lipinski definition) is 1. The van der Waals surface area contributed by atoms with Crippen LogP contribution in [0.3, 0.4) is 0 Å². The predicted octanol–water partition coefficient (Wildman–Crippen LogP) is 3.04. The third-order valence-electron chi connectivity index (χ3n) is 4.65. The van der Waals surface area contributed by atoms with Crippen LogP contribution in [0.25, 0.3) is 0 Å². The zero-order valence-electron chi connectivity index (χ0n) is 15.1. The molecule has 1 unspecified atom stereocenters. The number of hydrogen-bond acceptors (Lipinski definition) is 2. The molecule has 0 amide bonds. The maximum Gasteiger partial charge on any atom is 0.193 e. The van der Waals surface area contributed by atoms with Gasteiger partial charge in [-0.1, -0.05) is 30.3 Å². The standard InChI is InChI=1S/C19H27N5.HI/c1-20-19(21-11-6-7-16-13-22-23(2)14-16)24-12-10-18(15-24)17-8-4-3-5-9-17;/h3-5,8-9,13-14,18H,6-7,10-12,15H2,1-2H3,(H,20,21);1H. The summed E-state index contributed by atoms with van der Waals surface area (Å²) >= 11 is 0. The molecule has 1 aliphatic heterocycles. The quantitative estimate of drug-likeness (QED) is 0.328. The normalized spacial score (nSPS) is 17.4. The fraction of sp³-hybridized carbons (Fsp3) is 0.474. The summed E-state index contributed by atoms with van der Waals surface area (Å²) in [5.74, 6) is 1.64. The highest BCUT2D eigenvalue weighted by Crippen LogP contribution is 2.26. The Balaban J connectivity index is 0.00000225. The summed E-state index contributed by atoms with van der Waals surface area (Å²) in [6, 6.07) is 10.8. The van der Waals surface area contributed by atoms with E-state index in [2.05, 4.69) is 56.8 Å². The van der Waals surface area contributed by atoms with Gasteiger partial charge in [0.15, 0.2) is 5.96 Å². The molecule has 2 heterocycles. The molecule has 0 radical (unpaired) electrons. The highest BCUT2D eigenvalue weighted by molar-refractivity contribution is 14.0. The van der Waals surface area contributed by atoms with Gasteiger partial charge < -0.3 is 10.2 Å². The second-order valence-corrected chi connectivity index (χ2v) is 6.44. The Morgan fingerprint density at radius 1 is 1.32 bits per heavy atom. The number of aryl methyl sites for hydroxylation is 2. The van der Waals surface area contributed by atoms with E-state index in [0.29, 0.717) is 5.92 Å². The van der Waals surface area contributed by atoms with Gasteiger partial charge in [0.2, 0.25) is 0 Å². The molecule has 6 heteroatoms. The summed E-state index contributed by atoms with van der Waals surface area (Å²) in [5.41, 5.74) is 2.73. The van der Waals surface area contributed by atoms with E-state index in [1.165, 1.54) is 17.5 Å². The molecule has 1 N–H and O–H groups in total. The minimum absolute atomic E-state index is 0. The van der Waals surface area contributed by atoms with Crippen molar-refractivity contribution in [3.8, 4) is 0 Å². The van der Waals surface area contributed by atoms with Crippen molar-refractivity contribution in [1.82, 2.24) is 20.0 Å². The Bertz CT molecular complexity index is 667. The molecular formula is C19H28IN5. The van der Waals surface area contributed by atoms with Gasteiger partial charge in [-0.25, -0.2) is 0 Å². The molecule has 1 atom stereocenters. The number of nitrogens with zero attached hydrogens (tertiary/aromatic N) is 4. The monoisotopic (exact) mass is 453 g/mol. The average Bonchev–Trinajstić information content (AvgIpc) is 3.25. The number of rotatable bonds is 5. The average molecular weight is 453 g/mol. The number of halogens is 1. The fourth-order valence-electron chi connectivity index (χ4n) is 3.38. The highest BCUT2D eigenvalue weighted by Gasteiger charge is 2.25. The van der Waals surface area contributed by atoms with E-state index in [1.807, 2.05) is 25.0 Å². The SMILES string of the molecule is CN=C(NCCCc1cnn(C)c1)N1CCC(c2ccccc2)C1.I. The molecule has 0 spiro atoms. The molecule has 0 bridgehead atoms. The van der Waals surface area contributed by atoms with Crippen molar-refractivity contribution >= 4 is 29.9 Å². The molecule has 0 saturated carbocycles. The van der Waals surface area contributed by atoms with E-state index in [1.54, 1.807) is 0 Å². The number of likely N-dealkylation sites (tertiary alicyclic amines) is 1. The molecule has 1 saturated heterocycles.